The van der Waals surface area contributed by atoms with Gasteiger partial charge in [-0.15, -0.1) is 0 Å². The number of unbranched alkanes of at least 4 members (excludes halogenated alkanes) is 4. The first kappa shape index (κ1) is 23.8. The van der Waals surface area contributed by atoms with Crippen molar-refractivity contribution in [2.24, 2.45) is 0 Å². The third kappa shape index (κ3) is 7.79. The van der Waals surface area contributed by atoms with E-state index >= 15 is 0 Å². The number of phenolic OH excluding ortho intramolecular Hbond substituents is 2. The predicted octanol–water partition coefficient (Wildman–Crippen LogP) is 6.54. The molecule has 0 spiro atoms. The van der Waals surface area contributed by atoms with Crippen molar-refractivity contribution < 1.29 is 20.1 Å². The standard InChI is InChI=1S/C24H36O4/c1-5-6-7-8-9-13-19-16-21(24(27)28)20(23(26)22(19)25)15-14-18(4)12-10-11-17(2)3/h11,14,16,25-26H,5-10,12-13,15H2,1-4H3,(H,27,28)/b18-14+. The quantitative estimate of drug-likeness (QED) is 0.216. The van der Waals surface area contributed by atoms with Gasteiger partial charge >= 0.3 is 5.97 Å². The Labute approximate surface area is 169 Å². The summed E-state index contributed by atoms with van der Waals surface area (Å²) in [6.07, 6.45) is 12.1. The Bertz CT molecular complexity index is 710. The fraction of sp³-hybridized carbons (Fsp3) is 0.542. The SMILES string of the molecule is CCCCCCCc1cc(C(=O)O)c(C/C=C(\C)CCC=C(C)C)c(O)c1O. The first-order chi connectivity index (χ1) is 13.3. The third-order valence-electron chi connectivity index (χ3n) is 4.98. The third-order valence-corrected chi connectivity index (χ3v) is 4.98. The van der Waals surface area contributed by atoms with Crippen molar-refractivity contribution in [2.75, 3.05) is 0 Å². The lowest BCUT2D eigenvalue weighted by Gasteiger charge is -2.14. The van der Waals surface area contributed by atoms with Gasteiger partial charge in [-0.05, 0) is 64.5 Å². The topological polar surface area (TPSA) is 77.8 Å². The number of carboxylic acid groups (broad SMARTS) is 1. The molecule has 0 unspecified atom stereocenters. The number of hydrogen-bond acceptors (Lipinski definition) is 3. The van der Waals surface area contributed by atoms with Crippen LogP contribution in [0.25, 0.3) is 0 Å². The second-order valence-electron chi connectivity index (χ2n) is 7.80. The fourth-order valence-corrected chi connectivity index (χ4v) is 3.23. The molecule has 1 aromatic rings. The summed E-state index contributed by atoms with van der Waals surface area (Å²) >= 11 is 0. The van der Waals surface area contributed by atoms with E-state index in [4.69, 9.17) is 0 Å². The van der Waals surface area contributed by atoms with Crippen molar-refractivity contribution in [3.05, 3.63) is 46.1 Å². The van der Waals surface area contributed by atoms with Crippen LogP contribution in [0.4, 0.5) is 0 Å². The minimum atomic E-state index is -1.08. The van der Waals surface area contributed by atoms with E-state index in [0.717, 1.165) is 44.1 Å². The van der Waals surface area contributed by atoms with Crippen LogP contribution in [-0.2, 0) is 12.8 Å². The average molecular weight is 389 g/mol. The minimum absolute atomic E-state index is 0.0761. The van der Waals surface area contributed by atoms with Gasteiger partial charge in [-0.1, -0.05) is 55.9 Å². The molecule has 4 nitrogen and oxygen atoms in total. The van der Waals surface area contributed by atoms with Gasteiger partial charge in [0.15, 0.2) is 11.5 Å². The molecule has 0 saturated carbocycles. The Balaban J connectivity index is 2.95. The highest BCUT2D eigenvalue weighted by molar-refractivity contribution is 5.91. The number of hydrogen-bond donors (Lipinski definition) is 3. The Hall–Kier alpha value is -2.23. The maximum Gasteiger partial charge on any atom is 0.336 e. The minimum Gasteiger partial charge on any atom is -0.504 e. The number of benzene rings is 1. The van der Waals surface area contributed by atoms with Crippen LogP contribution in [0.5, 0.6) is 11.5 Å². The van der Waals surface area contributed by atoms with E-state index < -0.39 is 5.97 Å². The smallest absolute Gasteiger partial charge is 0.336 e. The first-order valence-corrected chi connectivity index (χ1v) is 10.4. The van der Waals surface area contributed by atoms with E-state index in [1.165, 1.54) is 18.1 Å². The van der Waals surface area contributed by atoms with Gasteiger partial charge in [-0.2, -0.15) is 0 Å². The van der Waals surface area contributed by atoms with Crippen LogP contribution >= 0.6 is 0 Å². The van der Waals surface area contributed by atoms with Gasteiger partial charge < -0.3 is 15.3 Å². The number of aromatic carboxylic acids is 1. The summed E-state index contributed by atoms with van der Waals surface area (Å²) in [5, 5.41) is 30.4. The largest absolute Gasteiger partial charge is 0.504 e. The number of aryl methyl sites for hydroxylation is 1. The first-order valence-electron chi connectivity index (χ1n) is 10.4. The molecule has 4 heteroatoms. The van der Waals surface area contributed by atoms with Crippen molar-refractivity contribution in [1.29, 1.82) is 0 Å². The Morgan fingerprint density at radius 3 is 2.29 bits per heavy atom. The predicted molar refractivity (Wildman–Crippen MR) is 115 cm³/mol. The van der Waals surface area contributed by atoms with Gasteiger partial charge in [0.05, 0.1) is 5.56 Å². The van der Waals surface area contributed by atoms with E-state index in [0.29, 0.717) is 18.4 Å². The molecular formula is C24H36O4. The van der Waals surface area contributed by atoms with Gasteiger partial charge in [0.25, 0.3) is 0 Å². The lowest BCUT2D eigenvalue weighted by Crippen LogP contribution is -2.05. The van der Waals surface area contributed by atoms with Crippen LogP contribution in [0.3, 0.4) is 0 Å². The van der Waals surface area contributed by atoms with Crippen molar-refractivity contribution >= 4 is 5.97 Å². The van der Waals surface area contributed by atoms with E-state index in [1.54, 1.807) is 0 Å². The van der Waals surface area contributed by atoms with Crippen molar-refractivity contribution in [3.8, 4) is 11.5 Å². The van der Waals surface area contributed by atoms with Crippen LogP contribution in [0.15, 0.2) is 29.4 Å². The molecule has 0 bridgehead atoms. The van der Waals surface area contributed by atoms with Crippen molar-refractivity contribution in [3.63, 3.8) is 0 Å². The monoisotopic (exact) mass is 388 g/mol. The van der Waals surface area contributed by atoms with E-state index in [2.05, 4.69) is 26.8 Å². The lowest BCUT2D eigenvalue weighted by atomic mass is 9.95. The summed E-state index contributed by atoms with van der Waals surface area (Å²) in [5.74, 6) is -1.55. The van der Waals surface area contributed by atoms with Crippen LogP contribution in [-0.4, -0.2) is 21.3 Å². The molecule has 28 heavy (non-hydrogen) atoms. The lowest BCUT2D eigenvalue weighted by molar-refractivity contribution is 0.0695. The van der Waals surface area contributed by atoms with Crippen LogP contribution < -0.4 is 0 Å². The number of carbonyl (C=O) groups is 1. The molecule has 3 N–H and O–H groups in total. The zero-order valence-corrected chi connectivity index (χ0v) is 17.8. The molecule has 0 heterocycles. The second-order valence-corrected chi connectivity index (χ2v) is 7.80. The molecular weight excluding hydrogens is 352 g/mol. The number of allylic oxidation sites excluding steroid dienone is 4. The normalized spacial score (nSPS) is 11.5. The second kappa shape index (κ2) is 12.3. The molecule has 0 aliphatic carbocycles. The van der Waals surface area contributed by atoms with Crippen LogP contribution in [0, 0.1) is 0 Å². The fourth-order valence-electron chi connectivity index (χ4n) is 3.23. The molecule has 0 amide bonds. The molecule has 156 valence electrons. The van der Waals surface area contributed by atoms with Gasteiger partial charge in [0.2, 0.25) is 0 Å². The molecule has 0 aliphatic heterocycles. The number of carboxylic acids is 1. The summed E-state index contributed by atoms with van der Waals surface area (Å²) in [6.45, 7) is 8.27. The number of phenols is 2. The summed E-state index contributed by atoms with van der Waals surface area (Å²) in [4.78, 5) is 11.7. The zero-order valence-electron chi connectivity index (χ0n) is 17.8. The van der Waals surface area contributed by atoms with E-state index in [9.17, 15) is 20.1 Å². The summed E-state index contributed by atoms with van der Waals surface area (Å²) in [6, 6.07) is 1.53. The summed E-state index contributed by atoms with van der Waals surface area (Å²) in [5.41, 5.74) is 3.27. The summed E-state index contributed by atoms with van der Waals surface area (Å²) < 4.78 is 0. The zero-order chi connectivity index (χ0) is 21.1. The molecule has 1 rings (SSSR count). The van der Waals surface area contributed by atoms with Gasteiger partial charge in [-0.25, -0.2) is 4.79 Å². The van der Waals surface area contributed by atoms with Gasteiger partial charge in [0, 0.05) is 5.56 Å². The average Bonchev–Trinajstić information content (AvgIpc) is 2.63. The molecule has 0 aliphatic rings. The Morgan fingerprint density at radius 1 is 1.00 bits per heavy atom. The van der Waals surface area contributed by atoms with Gasteiger partial charge in [0.1, 0.15) is 0 Å². The van der Waals surface area contributed by atoms with E-state index in [1.807, 2.05) is 13.0 Å². The maximum atomic E-state index is 11.7. The van der Waals surface area contributed by atoms with Gasteiger partial charge in [-0.3, -0.25) is 0 Å². The molecule has 0 fully saturated rings. The maximum absolute atomic E-state index is 11.7. The highest BCUT2D eigenvalue weighted by atomic mass is 16.4. The van der Waals surface area contributed by atoms with Crippen LogP contribution in [0.2, 0.25) is 0 Å². The summed E-state index contributed by atoms with van der Waals surface area (Å²) in [7, 11) is 0. The molecule has 0 radical (unpaired) electrons. The van der Waals surface area contributed by atoms with Crippen molar-refractivity contribution in [2.45, 2.75) is 85.5 Å². The number of rotatable bonds is 12. The highest BCUT2D eigenvalue weighted by Gasteiger charge is 2.20. The number of aromatic hydroxyl groups is 2. The molecule has 0 atom stereocenters. The molecule has 0 saturated heterocycles. The molecule has 0 aromatic heterocycles. The Morgan fingerprint density at radius 2 is 1.68 bits per heavy atom. The molecule has 1 aromatic carbocycles. The van der Waals surface area contributed by atoms with Crippen molar-refractivity contribution in [1.82, 2.24) is 0 Å². The van der Waals surface area contributed by atoms with E-state index in [-0.39, 0.29) is 22.6 Å². The Kier molecular flexibility index (Phi) is 10.4. The van der Waals surface area contributed by atoms with Crippen LogP contribution in [0.1, 0.15) is 94.1 Å². The highest BCUT2D eigenvalue weighted by Crippen LogP contribution is 2.37.